The van der Waals surface area contributed by atoms with Crippen LogP contribution in [-0.2, 0) is 9.59 Å². The number of benzene rings is 2. The van der Waals surface area contributed by atoms with Gasteiger partial charge in [-0.2, -0.15) is 22.9 Å². The van der Waals surface area contributed by atoms with Crippen LogP contribution in [0.4, 0.5) is 22.7 Å². The standard InChI is InChI=1S/C24H26N4O2S/c29-23(8-2-1-5-17-31)25-19-9-13-21(14-10-19)27-28-22-15-11-20(12-16-22)26-24(30)18-6-3-4-7-18/h3-4,6-7,9-16,18,31H,1-2,5,8,17H2,(H,25,29)(H,26,30). The van der Waals surface area contributed by atoms with Crippen molar-refractivity contribution in [2.45, 2.75) is 25.7 Å². The lowest BCUT2D eigenvalue weighted by Crippen LogP contribution is -2.18. The topological polar surface area (TPSA) is 82.9 Å². The minimum absolute atomic E-state index is 0.0145. The molecule has 31 heavy (non-hydrogen) atoms. The van der Waals surface area contributed by atoms with Crippen LogP contribution < -0.4 is 10.6 Å². The Kier molecular flexibility index (Phi) is 8.60. The Morgan fingerprint density at radius 2 is 1.32 bits per heavy atom. The summed E-state index contributed by atoms with van der Waals surface area (Å²) in [5, 5.41) is 14.2. The normalized spacial score (nSPS) is 13.1. The maximum atomic E-state index is 12.1. The van der Waals surface area contributed by atoms with E-state index in [2.05, 4.69) is 33.5 Å². The summed E-state index contributed by atoms with van der Waals surface area (Å²) >= 11 is 4.17. The van der Waals surface area contributed by atoms with Crippen molar-refractivity contribution in [3.05, 3.63) is 72.8 Å². The third kappa shape index (κ3) is 7.53. The smallest absolute Gasteiger partial charge is 0.235 e. The van der Waals surface area contributed by atoms with E-state index in [0.717, 1.165) is 30.7 Å². The molecule has 0 spiro atoms. The van der Waals surface area contributed by atoms with Crippen LogP contribution in [0.5, 0.6) is 0 Å². The third-order valence-electron chi connectivity index (χ3n) is 4.68. The number of unbranched alkanes of at least 4 members (excludes halogenated alkanes) is 2. The number of rotatable bonds is 10. The van der Waals surface area contributed by atoms with Gasteiger partial charge in [0.2, 0.25) is 11.8 Å². The molecule has 0 aliphatic heterocycles. The van der Waals surface area contributed by atoms with E-state index in [0.29, 0.717) is 23.5 Å². The number of nitrogens with zero attached hydrogens (tertiary/aromatic N) is 2. The first-order valence-electron chi connectivity index (χ1n) is 10.3. The summed E-state index contributed by atoms with van der Waals surface area (Å²) in [4.78, 5) is 24.0. The summed E-state index contributed by atoms with van der Waals surface area (Å²) in [6, 6.07) is 14.4. The highest BCUT2D eigenvalue weighted by molar-refractivity contribution is 7.80. The molecule has 0 fully saturated rings. The number of azo groups is 1. The van der Waals surface area contributed by atoms with E-state index in [4.69, 9.17) is 0 Å². The average Bonchev–Trinajstić information content (AvgIpc) is 3.32. The lowest BCUT2D eigenvalue weighted by Gasteiger charge is -2.07. The Labute approximate surface area is 188 Å². The fourth-order valence-corrected chi connectivity index (χ4v) is 3.19. The fraction of sp³-hybridized carbons (Fsp3) is 0.250. The molecule has 7 heteroatoms. The lowest BCUT2D eigenvalue weighted by molar-refractivity contribution is -0.117. The van der Waals surface area contributed by atoms with Crippen molar-refractivity contribution < 1.29 is 9.59 Å². The summed E-state index contributed by atoms with van der Waals surface area (Å²) in [6.07, 6.45) is 10.8. The predicted octanol–water partition coefficient (Wildman–Crippen LogP) is 6.21. The van der Waals surface area contributed by atoms with Crippen molar-refractivity contribution >= 4 is 47.2 Å². The van der Waals surface area contributed by atoms with E-state index in [1.165, 1.54) is 0 Å². The number of allylic oxidation sites excluding steroid dienone is 2. The number of hydrogen-bond acceptors (Lipinski definition) is 5. The number of carbonyl (C=O) groups is 2. The van der Waals surface area contributed by atoms with Gasteiger partial charge in [0.25, 0.3) is 0 Å². The second kappa shape index (κ2) is 11.9. The monoisotopic (exact) mass is 434 g/mol. The van der Waals surface area contributed by atoms with Crippen LogP contribution >= 0.6 is 12.6 Å². The number of amides is 2. The Morgan fingerprint density at radius 1 is 0.774 bits per heavy atom. The fourth-order valence-electron chi connectivity index (χ4n) is 2.97. The van der Waals surface area contributed by atoms with Crippen LogP contribution in [0.3, 0.4) is 0 Å². The average molecular weight is 435 g/mol. The zero-order valence-electron chi connectivity index (χ0n) is 17.2. The molecular weight excluding hydrogens is 408 g/mol. The Balaban J connectivity index is 1.47. The van der Waals surface area contributed by atoms with Crippen LogP contribution in [0.25, 0.3) is 0 Å². The van der Waals surface area contributed by atoms with Crippen molar-refractivity contribution in [1.82, 2.24) is 0 Å². The first-order valence-corrected chi connectivity index (χ1v) is 11.0. The molecule has 1 aliphatic carbocycles. The van der Waals surface area contributed by atoms with E-state index < -0.39 is 0 Å². The summed E-state index contributed by atoms with van der Waals surface area (Å²) in [5.74, 6) is 0.587. The summed E-state index contributed by atoms with van der Waals surface area (Å²) in [7, 11) is 0. The highest BCUT2D eigenvalue weighted by Crippen LogP contribution is 2.22. The van der Waals surface area contributed by atoms with E-state index >= 15 is 0 Å². The zero-order valence-corrected chi connectivity index (χ0v) is 18.1. The van der Waals surface area contributed by atoms with Gasteiger partial charge in [-0.25, -0.2) is 0 Å². The number of carbonyl (C=O) groups excluding carboxylic acids is 2. The van der Waals surface area contributed by atoms with Gasteiger partial charge in [0.15, 0.2) is 0 Å². The Hall–Kier alpha value is -3.19. The quantitative estimate of drug-likeness (QED) is 0.236. The second-order valence-corrected chi connectivity index (χ2v) is 7.61. The van der Waals surface area contributed by atoms with Gasteiger partial charge in [0, 0.05) is 17.8 Å². The lowest BCUT2D eigenvalue weighted by atomic mass is 10.1. The molecule has 0 saturated heterocycles. The summed E-state index contributed by atoms with van der Waals surface area (Å²) < 4.78 is 0. The first-order chi connectivity index (χ1) is 15.1. The summed E-state index contributed by atoms with van der Waals surface area (Å²) in [6.45, 7) is 0. The SMILES string of the molecule is O=C(CCCCCS)Nc1ccc(N=Nc2ccc(NC(=O)C3C=CC=C3)cc2)cc1. The highest BCUT2D eigenvalue weighted by Gasteiger charge is 2.13. The highest BCUT2D eigenvalue weighted by atomic mass is 32.1. The van der Waals surface area contributed by atoms with Gasteiger partial charge < -0.3 is 10.6 Å². The number of anilines is 2. The molecule has 2 amide bonds. The molecule has 1 aliphatic rings. The molecule has 0 radical (unpaired) electrons. The molecule has 0 bridgehead atoms. The van der Waals surface area contributed by atoms with Crippen LogP contribution in [0.2, 0.25) is 0 Å². The molecule has 160 valence electrons. The molecule has 2 N–H and O–H groups in total. The van der Waals surface area contributed by atoms with Gasteiger partial charge in [-0.3, -0.25) is 9.59 Å². The number of nitrogens with one attached hydrogen (secondary N) is 2. The molecule has 0 atom stereocenters. The van der Waals surface area contributed by atoms with Crippen molar-refractivity contribution in [3.63, 3.8) is 0 Å². The third-order valence-corrected chi connectivity index (χ3v) is 5.00. The molecule has 2 aromatic carbocycles. The van der Waals surface area contributed by atoms with E-state index in [-0.39, 0.29) is 17.7 Å². The second-order valence-electron chi connectivity index (χ2n) is 7.16. The molecular formula is C24H26N4O2S. The largest absolute Gasteiger partial charge is 0.326 e. The molecule has 0 aromatic heterocycles. The van der Waals surface area contributed by atoms with Crippen LogP contribution in [-0.4, -0.2) is 17.6 Å². The van der Waals surface area contributed by atoms with E-state index in [9.17, 15) is 9.59 Å². The molecule has 6 nitrogen and oxygen atoms in total. The Bertz CT molecular complexity index is 954. The van der Waals surface area contributed by atoms with E-state index in [1.807, 2.05) is 36.4 Å². The van der Waals surface area contributed by atoms with Crippen LogP contribution in [0.1, 0.15) is 25.7 Å². The van der Waals surface area contributed by atoms with E-state index in [1.54, 1.807) is 36.4 Å². The first kappa shape index (κ1) is 22.5. The molecule has 0 heterocycles. The molecule has 3 rings (SSSR count). The van der Waals surface area contributed by atoms with Crippen LogP contribution in [0, 0.1) is 5.92 Å². The predicted molar refractivity (Wildman–Crippen MR) is 128 cm³/mol. The Morgan fingerprint density at radius 3 is 1.87 bits per heavy atom. The van der Waals surface area contributed by atoms with Crippen molar-refractivity contribution in [1.29, 1.82) is 0 Å². The van der Waals surface area contributed by atoms with Gasteiger partial charge >= 0.3 is 0 Å². The summed E-state index contributed by atoms with van der Waals surface area (Å²) in [5.41, 5.74) is 2.81. The van der Waals surface area contributed by atoms with Gasteiger partial charge in [0.1, 0.15) is 0 Å². The van der Waals surface area contributed by atoms with Crippen molar-refractivity contribution in [2.24, 2.45) is 16.1 Å². The van der Waals surface area contributed by atoms with Gasteiger partial charge in [-0.1, -0.05) is 30.7 Å². The van der Waals surface area contributed by atoms with Gasteiger partial charge in [0.05, 0.1) is 17.3 Å². The van der Waals surface area contributed by atoms with Crippen molar-refractivity contribution in [2.75, 3.05) is 16.4 Å². The zero-order chi connectivity index (χ0) is 21.9. The maximum absolute atomic E-state index is 12.1. The number of hydrogen-bond donors (Lipinski definition) is 3. The minimum atomic E-state index is -0.217. The van der Waals surface area contributed by atoms with Gasteiger partial charge in [-0.05, 0) is 67.1 Å². The molecule has 2 aromatic rings. The van der Waals surface area contributed by atoms with Crippen molar-refractivity contribution in [3.8, 4) is 0 Å². The minimum Gasteiger partial charge on any atom is -0.326 e. The van der Waals surface area contributed by atoms with Gasteiger partial charge in [-0.15, -0.1) is 0 Å². The number of thiol groups is 1. The van der Waals surface area contributed by atoms with Crippen LogP contribution in [0.15, 0.2) is 83.1 Å². The molecule has 0 saturated carbocycles. The molecule has 0 unspecified atom stereocenters. The maximum Gasteiger partial charge on any atom is 0.235 e.